The first-order valence-electron chi connectivity index (χ1n) is 7.31. The van der Waals surface area contributed by atoms with Gasteiger partial charge in [0.05, 0.1) is 5.69 Å². The molecule has 0 amide bonds. The van der Waals surface area contributed by atoms with Crippen LogP contribution in [0.1, 0.15) is 40.3 Å². The summed E-state index contributed by atoms with van der Waals surface area (Å²) in [5.74, 6) is 1.00. The summed E-state index contributed by atoms with van der Waals surface area (Å²) in [4.78, 5) is 2.35. The molecule has 2 unspecified atom stereocenters. The van der Waals surface area contributed by atoms with E-state index in [1.807, 2.05) is 0 Å². The third kappa shape index (κ3) is 4.63. The largest absolute Gasteiger partial charge is 0.353 e. The molecule has 1 aromatic rings. The SMILES string of the molecule is CC1CN(c2ccc(CNC(C)(C)C)nn2)CC(C)S1. The van der Waals surface area contributed by atoms with Gasteiger partial charge in [0.15, 0.2) is 5.82 Å². The van der Waals surface area contributed by atoms with E-state index in [0.717, 1.165) is 31.1 Å². The van der Waals surface area contributed by atoms with Crippen LogP contribution in [-0.2, 0) is 6.54 Å². The molecular weight excluding hydrogens is 268 g/mol. The van der Waals surface area contributed by atoms with Crippen molar-refractivity contribution in [2.75, 3.05) is 18.0 Å². The first-order valence-corrected chi connectivity index (χ1v) is 8.26. The second-order valence-corrected chi connectivity index (χ2v) is 8.53. The Morgan fingerprint density at radius 3 is 2.35 bits per heavy atom. The van der Waals surface area contributed by atoms with Gasteiger partial charge in [-0.05, 0) is 32.9 Å². The zero-order valence-electron chi connectivity index (χ0n) is 13.2. The molecule has 0 radical (unpaired) electrons. The maximum absolute atomic E-state index is 4.40. The average molecular weight is 294 g/mol. The molecule has 1 aromatic heterocycles. The van der Waals surface area contributed by atoms with Crippen molar-refractivity contribution in [1.82, 2.24) is 15.5 Å². The molecule has 5 heteroatoms. The van der Waals surface area contributed by atoms with Crippen LogP contribution in [0.3, 0.4) is 0 Å². The lowest BCUT2D eigenvalue weighted by Crippen LogP contribution is -2.41. The number of rotatable bonds is 3. The van der Waals surface area contributed by atoms with Gasteiger partial charge in [-0.1, -0.05) is 13.8 Å². The van der Waals surface area contributed by atoms with E-state index in [2.05, 4.69) is 78.9 Å². The Kier molecular flexibility index (Phi) is 4.91. The summed E-state index contributed by atoms with van der Waals surface area (Å²) in [5, 5.41) is 13.5. The summed E-state index contributed by atoms with van der Waals surface area (Å²) in [7, 11) is 0. The molecule has 0 spiro atoms. The lowest BCUT2D eigenvalue weighted by atomic mass is 10.1. The number of nitrogens with one attached hydrogen (secondary N) is 1. The molecule has 1 aliphatic rings. The van der Waals surface area contributed by atoms with E-state index in [-0.39, 0.29) is 5.54 Å². The fraction of sp³-hybridized carbons (Fsp3) is 0.733. The van der Waals surface area contributed by atoms with Gasteiger partial charge >= 0.3 is 0 Å². The Labute approximate surface area is 126 Å². The van der Waals surface area contributed by atoms with Crippen LogP contribution in [0.25, 0.3) is 0 Å². The molecule has 1 aliphatic heterocycles. The maximum Gasteiger partial charge on any atom is 0.151 e. The molecule has 1 N–H and O–H groups in total. The van der Waals surface area contributed by atoms with Crippen molar-refractivity contribution in [1.29, 1.82) is 0 Å². The van der Waals surface area contributed by atoms with Crippen LogP contribution in [0.2, 0.25) is 0 Å². The Hall–Kier alpha value is -0.810. The lowest BCUT2D eigenvalue weighted by Gasteiger charge is -2.35. The predicted molar refractivity (Wildman–Crippen MR) is 87.4 cm³/mol. The van der Waals surface area contributed by atoms with Crippen LogP contribution in [-0.4, -0.2) is 39.3 Å². The van der Waals surface area contributed by atoms with E-state index in [9.17, 15) is 0 Å². The minimum absolute atomic E-state index is 0.106. The first-order chi connectivity index (χ1) is 9.33. The summed E-state index contributed by atoms with van der Waals surface area (Å²) in [6, 6.07) is 4.18. The van der Waals surface area contributed by atoms with E-state index in [1.165, 1.54) is 0 Å². The van der Waals surface area contributed by atoms with Crippen LogP contribution >= 0.6 is 11.8 Å². The molecule has 112 valence electrons. The van der Waals surface area contributed by atoms with Gasteiger partial charge in [0, 0.05) is 35.7 Å². The molecule has 4 nitrogen and oxygen atoms in total. The quantitative estimate of drug-likeness (QED) is 0.928. The van der Waals surface area contributed by atoms with Crippen molar-refractivity contribution in [3.05, 3.63) is 17.8 Å². The van der Waals surface area contributed by atoms with E-state index >= 15 is 0 Å². The zero-order valence-corrected chi connectivity index (χ0v) is 14.0. The van der Waals surface area contributed by atoms with Crippen molar-refractivity contribution in [2.24, 2.45) is 0 Å². The monoisotopic (exact) mass is 294 g/mol. The fourth-order valence-corrected chi connectivity index (χ4v) is 3.66. The molecule has 2 atom stereocenters. The van der Waals surface area contributed by atoms with Crippen LogP contribution < -0.4 is 10.2 Å². The van der Waals surface area contributed by atoms with Crippen molar-refractivity contribution in [3.8, 4) is 0 Å². The van der Waals surface area contributed by atoms with Crippen molar-refractivity contribution in [3.63, 3.8) is 0 Å². The summed E-state index contributed by atoms with van der Waals surface area (Å²) in [5.41, 5.74) is 1.10. The van der Waals surface area contributed by atoms with Gasteiger partial charge in [-0.3, -0.25) is 0 Å². The van der Waals surface area contributed by atoms with Crippen molar-refractivity contribution < 1.29 is 0 Å². The second kappa shape index (κ2) is 6.31. The minimum atomic E-state index is 0.106. The van der Waals surface area contributed by atoms with E-state index in [1.54, 1.807) is 0 Å². The zero-order chi connectivity index (χ0) is 14.8. The van der Waals surface area contributed by atoms with Crippen LogP contribution in [0.15, 0.2) is 12.1 Å². The molecule has 0 aliphatic carbocycles. The van der Waals surface area contributed by atoms with Crippen molar-refractivity contribution >= 4 is 17.6 Å². The van der Waals surface area contributed by atoms with E-state index in [0.29, 0.717) is 10.5 Å². The second-order valence-electron chi connectivity index (χ2n) is 6.65. The number of hydrogen-bond donors (Lipinski definition) is 1. The highest BCUT2D eigenvalue weighted by atomic mass is 32.2. The molecule has 20 heavy (non-hydrogen) atoms. The lowest BCUT2D eigenvalue weighted by molar-refractivity contribution is 0.420. The van der Waals surface area contributed by atoms with Gasteiger partial charge in [-0.15, -0.1) is 5.10 Å². The fourth-order valence-electron chi connectivity index (χ4n) is 2.34. The Morgan fingerprint density at radius 2 is 1.85 bits per heavy atom. The Morgan fingerprint density at radius 1 is 1.20 bits per heavy atom. The molecule has 2 heterocycles. The molecule has 2 rings (SSSR count). The first kappa shape index (κ1) is 15.6. The minimum Gasteiger partial charge on any atom is -0.353 e. The summed E-state index contributed by atoms with van der Waals surface area (Å²) < 4.78 is 0. The number of nitrogens with zero attached hydrogens (tertiary/aromatic N) is 3. The number of thioether (sulfide) groups is 1. The van der Waals surface area contributed by atoms with Gasteiger partial charge in [-0.25, -0.2) is 0 Å². The standard InChI is InChI=1S/C15H26N4S/c1-11-9-19(10-12(2)20-11)14-7-6-13(17-18-14)8-16-15(3,4)5/h6-7,11-12,16H,8-10H2,1-5H3. The average Bonchev–Trinajstić information content (AvgIpc) is 2.35. The molecule has 0 saturated carbocycles. The van der Waals surface area contributed by atoms with Gasteiger partial charge in [-0.2, -0.15) is 16.9 Å². The molecular formula is C15H26N4S. The van der Waals surface area contributed by atoms with Crippen LogP contribution in [0.5, 0.6) is 0 Å². The highest BCUT2D eigenvalue weighted by molar-refractivity contribution is 8.00. The van der Waals surface area contributed by atoms with Gasteiger partial charge in [0.1, 0.15) is 0 Å². The normalized spacial score (nSPS) is 23.9. The van der Waals surface area contributed by atoms with Gasteiger partial charge in [0.25, 0.3) is 0 Å². The number of anilines is 1. The number of aromatic nitrogens is 2. The van der Waals surface area contributed by atoms with Crippen LogP contribution in [0.4, 0.5) is 5.82 Å². The van der Waals surface area contributed by atoms with Crippen LogP contribution in [0, 0.1) is 0 Å². The van der Waals surface area contributed by atoms with E-state index < -0.39 is 0 Å². The predicted octanol–water partition coefficient (Wildman–Crippen LogP) is 2.69. The third-order valence-electron chi connectivity index (χ3n) is 3.25. The van der Waals surface area contributed by atoms with Gasteiger partial charge in [0.2, 0.25) is 0 Å². The maximum atomic E-state index is 4.40. The number of hydrogen-bond acceptors (Lipinski definition) is 5. The summed E-state index contributed by atoms with van der Waals surface area (Å²) >= 11 is 2.05. The summed E-state index contributed by atoms with van der Waals surface area (Å²) in [6.45, 7) is 13.9. The van der Waals surface area contributed by atoms with Crippen molar-refractivity contribution in [2.45, 2.75) is 57.2 Å². The molecule has 1 saturated heterocycles. The molecule has 0 aromatic carbocycles. The molecule has 0 bridgehead atoms. The highest BCUT2D eigenvalue weighted by Gasteiger charge is 2.23. The smallest absolute Gasteiger partial charge is 0.151 e. The Bertz CT molecular complexity index is 416. The highest BCUT2D eigenvalue weighted by Crippen LogP contribution is 2.27. The third-order valence-corrected chi connectivity index (χ3v) is 4.48. The van der Waals surface area contributed by atoms with Gasteiger partial charge < -0.3 is 10.2 Å². The molecule has 1 fully saturated rings. The topological polar surface area (TPSA) is 41.0 Å². The van der Waals surface area contributed by atoms with E-state index in [4.69, 9.17) is 0 Å². The Balaban J connectivity index is 1.97. The summed E-state index contributed by atoms with van der Waals surface area (Å²) in [6.07, 6.45) is 0.